The number of nitrogens with one attached hydrogen (secondary N) is 1. The molecular formula is C12H18N2S. The van der Waals surface area contributed by atoms with Crippen molar-refractivity contribution in [3.63, 3.8) is 0 Å². The van der Waals surface area contributed by atoms with E-state index in [-0.39, 0.29) is 0 Å². The Kier molecular flexibility index (Phi) is 2.77. The zero-order chi connectivity index (χ0) is 10.1. The van der Waals surface area contributed by atoms with Crippen molar-refractivity contribution in [2.45, 2.75) is 37.9 Å². The molecule has 0 aromatic carbocycles. The first-order chi connectivity index (χ1) is 7.43. The Balaban J connectivity index is 1.55. The van der Waals surface area contributed by atoms with Gasteiger partial charge in [-0.3, -0.25) is 4.90 Å². The van der Waals surface area contributed by atoms with Gasteiger partial charge in [0.2, 0.25) is 0 Å². The Morgan fingerprint density at radius 2 is 2.40 bits per heavy atom. The summed E-state index contributed by atoms with van der Waals surface area (Å²) in [5, 5.41) is 5.88. The van der Waals surface area contributed by atoms with Gasteiger partial charge in [-0.1, -0.05) is 6.07 Å². The lowest BCUT2D eigenvalue weighted by Gasteiger charge is -2.20. The van der Waals surface area contributed by atoms with Crippen molar-refractivity contribution < 1.29 is 0 Å². The third kappa shape index (κ3) is 1.96. The van der Waals surface area contributed by atoms with E-state index in [4.69, 9.17) is 0 Å². The fourth-order valence-electron chi connectivity index (χ4n) is 2.97. The van der Waals surface area contributed by atoms with E-state index in [0.717, 1.165) is 18.6 Å². The van der Waals surface area contributed by atoms with Crippen LogP contribution in [0, 0.1) is 0 Å². The van der Waals surface area contributed by atoms with Crippen LogP contribution >= 0.6 is 11.3 Å². The summed E-state index contributed by atoms with van der Waals surface area (Å²) >= 11 is 1.86. The lowest BCUT2D eigenvalue weighted by atomic mass is 10.1. The Hall–Kier alpha value is -0.380. The summed E-state index contributed by atoms with van der Waals surface area (Å²) in [6, 6.07) is 5.94. The Labute approximate surface area is 95.3 Å². The molecular weight excluding hydrogens is 204 g/mol. The Morgan fingerprint density at radius 3 is 3.27 bits per heavy atom. The monoisotopic (exact) mass is 222 g/mol. The molecule has 3 heterocycles. The minimum absolute atomic E-state index is 0.745. The lowest BCUT2D eigenvalue weighted by Crippen LogP contribution is -2.38. The Morgan fingerprint density at radius 1 is 1.40 bits per heavy atom. The maximum atomic E-state index is 3.72. The van der Waals surface area contributed by atoms with Crippen LogP contribution in [0.5, 0.6) is 0 Å². The van der Waals surface area contributed by atoms with Gasteiger partial charge in [-0.15, -0.1) is 11.3 Å². The Bertz CT molecular complexity index is 309. The van der Waals surface area contributed by atoms with Crippen LogP contribution in [0.25, 0.3) is 0 Å². The second kappa shape index (κ2) is 4.24. The highest BCUT2D eigenvalue weighted by Crippen LogP contribution is 2.28. The maximum absolute atomic E-state index is 3.72. The molecule has 3 rings (SSSR count). The van der Waals surface area contributed by atoms with E-state index in [9.17, 15) is 0 Å². The molecule has 0 aliphatic carbocycles. The van der Waals surface area contributed by atoms with Gasteiger partial charge in [0, 0.05) is 30.1 Å². The maximum Gasteiger partial charge on any atom is 0.0302 e. The number of thiophene rings is 1. The van der Waals surface area contributed by atoms with E-state index in [1.807, 2.05) is 11.3 Å². The van der Waals surface area contributed by atoms with Gasteiger partial charge in [0.1, 0.15) is 0 Å². The molecule has 0 radical (unpaired) electrons. The van der Waals surface area contributed by atoms with Crippen molar-refractivity contribution in [1.29, 1.82) is 0 Å². The first-order valence-electron chi connectivity index (χ1n) is 5.93. The molecule has 2 aliphatic rings. The smallest absolute Gasteiger partial charge is 0.0302 e. The number of rotatable bonds is 3. The molecule has 3 heteroatoms. The largest absolute Gasteiger partial charge is 0.307 e. The van der Waals surface area contributed by atoms with Crippen LogP contribution in [0.3, 0.4) is 0 Å². The van der Waals surface area contributed by atoms with Gasteiger partial charge >= 0.3 is 0 Å². The third-order valence-electron chi connectivity index (χ3n) is 3.72. The van der Waals surface area contributed by atoms with Crippen LogP contribution in [-0.4, -0.2) is 30.1 Å². The van der Waals surface area contributed by atoms with E-state index in [1.165, 1.54) is 37.2 Å². The van der Waals surface area contributed by atoms with Crippen molar-refractivity contribution in [3.05, 3.63) is 22.4 Å². The molecule has 0 saturated carbocycles. The van der Waals surface area contributed by atoms with E-state index >= 15 is 0 Å². The summed E-state index contributed by atoms with van der Waals surface area (Å²) in [6.07, 6.45) is 4.15. The second-order valence-electron chi connectivity index (χ2n) is 4.60. The van der Waals surface area contributed by atoms with Gasteiger partial charge < -0.3 is 5.32 Å². The molecule has 1 aromatic heterocycles. The summed E-state index contributed by atoms with van der Waals surface area (Å²) in [6.45, 7) is 3.71. The van der Waals surface area contributed by atoms with Crippen molar-refractivity contribution in [2.24, 2.45) is 0 Å². The normalized spacial score (nSPS) is 30.9. The lowest BCUT2D eigenvalue weighted by molar-refractivity contribution is 0.299. The SMILES string of the molecule is c1csc(CNC2CCN3CCCC23)c1. The van der Waals surface area contributed by atoms with Crippen LogP contribution in [0.1, 0.15) is 24.1 Å². The van der Waals surface area contributed by atoms with E-state index in [0.29, 0.717) is 0 Å². The highest BCUT2D eigenvalue weighted by atomic mass is 32.1. The summed E-state index contributed by atoms with van der Waals surface area (Å²) in [5.74, 6) is 0. The van der Waals surface area contributed by atoms with Crippen molar-refractivity contribution >= 4 is 11.3 Å². The first-order valence-corrected chi connectivity index (χ1v) is 6.81. The average Bonchev–Trinajstić information content (AvgIpc) is 2.93. The molecule has 1 aromatic rings. The summed E-state index contributed by atoms with van der Waals surface area (Å²) in [7, 11) is 0. The van der Waals surface area contributed by atoms with Gasteiger partial charge in [0.05, 0.1) is 0 Å². The van der Waals surface area contributed by atoms with E-state index in [1.54, 1.807) is 0 Å². The zero-order valence-electron chi connectivity index (χ0n) is 8.98. The van der Waals surface area contributed by atoms with Gasteiger partial charge in [-0.25, -0.2) is 0 Å². The molecule has 15 heavy (non-hydrogen) atoms. The highest BCUT2D eigenvalue weighted by Gasteiger charge is 2.36. The molecule has 0 bridgehead atoms. The average molecular weight is 222 g/mol. The number of hydrogen-bond donors (Lipinski definition) is 1. The molecule has 2 atom stereocenters. The second-order valence-corrected chi connectivity index (χ2v) is 5.63. The van der Waals surface area contributed by atoms with Crippen LogP contribution in [0.2, 0.25) is 0 Å². The minimum atomic E-state index is 0.745. The standard InChI is InChI=1S/C12H18N2S/c1-4-12-11(5-7-14(12)6-1)13-9-10-3-2-8-15-10/h2-3,8,11-13H,1,4-7,9H2. The van der Waals surface area contributed by atoms with Gasteiger partial charge in [0.15, 0.2) is 0 Å². The van der Waals surface area contributed by atoms with Crippen molar-refractivity contribution in [3.8, 4) is 0 Å². The zero-order valence-corrected chi connectivity index (χ0v) is 9.80. The number of nitrogens with zero attached hydrogens (tertiary/aromatic N) is 1. The predicted octanol–water partition coefficient (Wildman–Crippen LogP) is 2.07. The fourth-order valence-corrected chi connectivity index (χ4v) is 3.62. The predicted molar refractivity (Wildman–Crippen MR) is 64.2 cm³/mol. The molecule has 1 N–H and O–H groups in total. The van der Waals surface area contributed by atoms with Gasteiger partial charge in [-0.05, 0) is 37.3 Å². The topological polar surface area (TPSA) is 15.3 Å². The van der Waals surface area contributed by atoms with Crippen LogP contribution in [0.15, 0.2) is 17.5 Å². The summed E-state index contributed by atoms with van der Waals surface area (Å²) in [5.41, 5.74) is 0. The third-order valence-corrected chi connectivity index (χ3v) is 4.60. The molecule has 2 aliphatic heterocycles. The molecule has 2 unspecified atom stereocenters. The molecule has 2 saturated heterocycles. The minimum Gasteiger partial charge on any atom is -0.307 e. The van der Waals surface area contributed by atoms with Gasteiger partial charge in [0.25, 0.3) is 0 Å². The van der Waals surface area contributed by atoms with Gasteiger partial charge in [-0.2, -0.15) is 0 Å². The molecule has 0 spiro atoms. The molecule has 2 nitrogen and oxygen atoms in total. The summed E-state index contributed by atoms with van der Waals surface area (Å²) in [4.78, 5) is 4.12. The van der Waals surface area contributed by atoms with E-state index in [2.05, 4.69) is 27.7 Å². The van der Waals surface area contributed by atoms with Crippen LogP contribution < -0.4 is 5.32 Å². The molecule has 0 amide bonds. The quantitative estimate of drug-likeness (QED) is 0.842. The molecule has 2 fully saturated rings. The van der Waals surface area contributed by atoms with Crippen molar-refractivity contribution in [1.82, 2.24) is 10.2 Å². The first kappa shape index (κ1) is 9.82. The van der Waals surface area contributed by atoms with E-state index < -0.39 is 0 Å². The summed E-state index contributed by atoms with van der Waals surface area (Å²) < 4.78 is 0. The highest BCUT2D eigenvalue weighted by molar-refractivity contribution is 7.09. The van der Waals surface area contributed by atoms with Crippen LogP contribution in [-0.2, 0) is 6.54 Å². The number of hydrogen-bond acceptors (Lipinski definition) is 3. The number of fused-ring (bicyclic) bond motifs is 1. The van der Waals surface area contributed by atoms with Crippen LogP contribution in [0.4, 0.5) is 0 Å². The fraction of sp³-hybridized carbons (Fsp3) is 0.667. The van der Waals surface area contributed by atoms with Crippen molar-refractivity contribution in [2.75, 3.05) is 13.1 Å². The molecule has 82 valence electrons.